The van der Waals surface area contributed by atoms with Gasteiger partial charge >= 0.3 is 0 Å². The molecule has 0 N–H and O–H groups in total. The summed E-state index contributed by atoms with van der Waals surface area (Å²) >= 11 is 0. The quantitative estimate of drug-likeness (QED) is 0.238. The largest absolute Gasteiger partial charge is 0.298 e. The van der Waals surface area contributed by atoms with Crippen LogP contribution in [0.1, 0.15) is 6.92 Å². The Kier molecular flexibility index (Phi) is 12.0. The Morgan fingerprint density at radius 1 is 1.44 bits per heavy atom. The number of hydrogen-bond donors (Lipinski definition) is 0. The van der Waals surface area contributed by atoms with Gasteiger partial charge in [0.15, 0.2) is 0 Å². The smallest absolute Gasteiger partial charge is 0.149 e. The maximum atomic E-state index is 9.57. The third-order valence-corrected chi connectivity index (χ3v) is 0.414. The summed E-state index contributed by atoms with van der Waals surface area (Å²) in [5.41, 5.74) is 0.426. The zero-order valence-electron chi connectivity index (χ0n) is 5.76. The van der Waals surface area contributed by atoms with Gasteiger partial charge in [-0.3, -0.25) is 4.79 Å². The summed E-state index contributed by atoms with van der Waals surface area (Å²) in [6.07, 6.45) is 3.82. The van der Waals surface area contributed by atoms with Crippen molar-refractivity contribution in [2.75, 3.05) is 0 Å². The van der Waals surface area contributed by atoms with Gasteiger partial charge in [0.25, 0.3) is 0 Å². The zero-order valence-corrected chi connectivity index (χ0v) is 5.76. The molecule has 0 unspecified atom stereocenters. The fourth-order valence-corrected chi connectivity index (χ4v) is 0.0481. The van der Waals surface area contributed by atoms with Gasteiger partial charge in [0, 0.05) is 5.57 Å². The van der Waals surface area contributed by atoms with Crippen LogP contribution in [0, 0.1) is 0 Å². The molecule has 50 valence electrons. The Morgan fingerprint density at radius 2 is 1.78 bits per heavy atom. The number of carbonyl (C=O) groups is 1. The molecule has 0 amide bonds. The molecule has 1 heteroatoms. The van der Waals surface area contributed by atoms with Crippen LogP contribution in [0.3, 0.4) is 0 Å². The van der Waals surface area contributed by atoms with Crippen molar-refractivity contribution in [3.63, 3.8) is 0 Å². The monoisotopic (exact) mass is 124 g/mol. The number of rotatable bonds is 2. The zero-order chi connectivity index (χ0) is 7.70. The predicted molar refractivity (Wildman–Crippen MR) is 41.3 cm³/mol. The van der Waals surface area contributed by atoms with Crippen LogP contribution in [-0.2, 0) is 4.79 Å². The molecule has 0 atom stereocenters. The summed E-state index contributed by atoms with van der Waals surface area (Å²) < 4.78 is 0. The molecule has 0 saturated heterocycles. The summed E-state index contributed by atoms with van der Waals surface area (Å²) in [6.45, 7) is 11.9. The normalized spacial score (nSPS) is 5.89. The van der Waals surface area contributed by atoms with E-state index in [9.17, 15) is 4.79 Å². The number of aldehydes is 1. The minimum Gasteiger partial charge on any atom is -0.298 e. The minimum absolute atomic E-state index is 0.426. The van der Waals surface area contributed by atoms with Crippen molar-refractivity contribution in [2.24, 2.45) is 0 Å². The van der Waals surface area contributed by atoms with E-state index < -0.39 is 0 Å². The Morgan fingerprint density at radius 3 is 1.78 bits per heavy atom. The van der Waals surface area contributed by atoms with E-state index in [4.69, 9.17) is 0 Å². The maximum absolute atomic E-state index is 9.57. The summed E-state index contributed by atoms with van der Waals surface area (Å²) in [7, 11) is 0. The molecule has 0 aliphatic rings. The molecule has 0 aliphatic heterocycles. The lowest BCUT2D eigenvalue weighted by Gasteiger charge is -1.71. The highest BCUT2D eigenvalue weighted by molar-refractivity contribution is 5.75. The minimum atomic E-state index is 0.426. The molecule has 0 spiro atoms. The van der Waals surface area contributed by atoms with Crippen LogP contribution in [0.2, 0.25) is 0 Å². The van der Waals surface area contributed by atoms with Crippen LogP contribution in [0.15, 0.2) is 37.5 Å². The Labute approximate surface area is 56.4 Å². The van der Waals surface area contributed by atoms with E-state index in [1.165, 1.54) is 6.08 Å². The van der Waals surface area contributed by atoms with E-state index in [0.717, 1.165) is 0 Å². The maximum Gasteiger partial charge on any atom is 0.149 e. The van der Waals surface area contributed by atoms with Gasteiger partial charge < -0.3 is 0 Å². The van der Waals surface area contributed by atoms with Gasteiger partial charge in [-0.25, -0.2) is 0 Å². The molecule has 0 bridgehead atoms. The van der Waals surface area contributed by atoms with Gasteiger partial charge in [-0.1, -0.05) is 25.3 Å². The SMILES string of the molecule is C=CC.C=CC(=C)C=O. The second-order valence-corrected chi connectivity index (χ2v) is 1.31. The Hall–Kier alpha value is -1.11. The van der Waals surface area contributed by atoms with E-state index in [-0.39, 0.29) is 0 Å². The Bertz CT molecular complexity index is 102. The summed E-state index contributed by atoms with van der Waals surface area (Å²) in [4.78, 5) is 9.57. The van der Waals surface area contributed by atoms with Crippen molar-refractivity contribution in [1.29, 1.82) is 0 Å². The third kappa shape index (κ3) is 19.7. The second kappa shape index (κ2) is 10.00. The van der Waals surface area contributed by atoms with Gasteiger partial charge in [-0.15, -0.1) is 6.58 Å². The lowest BCUT2D eigenvalue weighted by molar-refractivity contribution is -0.104. The molecule has 0 heterocycles. The summed E-state index contributed by atoms with van der Waals surface area (Å²) in [5.74, 6) is 0. The average Bonchev–Trinajstić information content (AvgIpc) is 1.88. The molecule has 0 rings (SSSR count). The van der Waals surface area contributed by atoms with Gasteiger partial charge in [-0.05, 0) is 6.92 Å². The lowest BCUT2D eigenvalue weighted by atomic mass is 10.3. The first-order valence-corrected chi connectivity index (χ1v) is 2.56. The van der Waals surface area contributed by atoms with Gasteiger partial charge in [0.1, 0.15) is 6.29 Å². The highest BCUT2D eigenvalue weighted by Gasteiger charge is 1.71. The van der Waals surface area contributed by atoms with E-state index in [1.54, 1.807) is 6.08 Å². The molecule has 0 aromatic heterocycles. The molecule has 0 fully saturated rings. The highest BCUT2D eigenvalue weighted by Crippen LogP contribution is 1.78. The van der Waals surface area contributed by atoms with E-state index >= 15 is 0 Å². The van der Waals surface area contributed by atoms with Crippen molar-refractivity contribution in [2.45, 2.75) is 6.92 Å². The van der Waals surface area contributed by atoms with Gasteiger partial charge in [0.2, 0.25) is 0 Å². The molecular formula is C8H12O. The fourth-order valence-electron chi connectivity index (χ4n) is 0.0481. The number of allylic oxidation sites excluding steroid dienone is 3. The third-order valence-electron chi connectivity index (χ3n) is 0.414. The van der Waals surface area contributed by atoms with Crippen LogP contribution in [0.4, 0.5) is 0 Å². The second-order valence-electron chi connectivity index (χ2n) is 1.31. The van der Waals surface area contributed by atoms with Crippen LogP contribution in [-0.4, -0.2) is 6.29 Å². The summed E-state index contributed by atoms with van der Waals surface area (Å²) in [6, 6.07) is 0. The Balaban J connectivity index is 0. The molecule has 0 aromatic rings. The molecule has 1 nitrogen and oxygen atoms in total. The van der Waals surface area contributed by atoms with E-state index in [0.29, 0.717) is 11.9 Å². The standard InChI is InChI=1S/C5H6O.C3H6/c1-3-5(2)4-6;1-3-2/h3-4H,1-2H2;3H,1H2,2H3. The van der Waals surface area contributed by atoms with E-state index in [2.05, 4.69) is 19.7 Å². The van der Waals surface area contributed by atoms with Crippen molar-refractivity contribution < 1.29 is 4.79 Å². The van der Waals surface area contributed by atoms with Crippen molar-refractivity contribution in [3.05, 3.63) is 37.5 Å². The number of hydrogen-bond acceptors (Lipinski definition) is 1. The first-order chi connectivity index (χ1) is 4.22. The molecular weight excluding hydrogens is 112 g/mol. The molecule has 9 heavy (non-hydrogen) atoms. The molecule has 0 aromatic carbocycles. The molecule has 0 radical (unpaired) electrons. The predicted octanol–water partition coefficient (Wildman–Crippen LogP) is 2.12. The van der Waals surface area contributed by atoms with Crippen molar-refractivity contribution in [3.8, 4) is 0 Å². The van der Waals surface area contributed by atoms with Crippen LogP contribution in [0.25, 0.3) is 0 Å². The van der Waals surface area contributed by atoms with Gasteiger partial charge in [0.05, 0.1) is 0 Å². The van der Waals surface area contributed by atoms with Crippen LogP contribution >= 0.6 is 0 Å². The van der Waals surface area contributed by atoms with Crippen LogP contribution in [0.5, 0.6) is 0 Å². The summed E-state index contributed by atoms with van der Waals surface area (Å²) in [5, 5.41) is 0. The van der Waals surface area contributed by atoms with E-state index in [1.807, 2.05) is 6.92 Å². The lowest BCUT2D eigenvalue weighted by Crippen LogP contribution is -1.68. The van der Waals surface area contributed by atoms with Gasteiger partial charge in [-0.2, -0.15) is 0 Å². The molecule has 0 aliphatic carbocycles. The average molecular weight is 124 g/mol. The van der Waals surface area contributed by atoms with Crippen molar-refractivity contribution in [1.82, 2.24) is 0 Å². The first kappa shape index (κ1) is 10.8. The topological polar surface area (TPSA) is 17.1 Å². The van der Waals surface area contributed by atoms with Crippen molar-refractivity contribution >= 4 is 6.29 Å². The highest BCUT2D eigenvalue weighted by atomic mass is 16.1. The number of carbonyl (C=O) groups excluding carboxylic acids is 1. The molecule has 0 saturated carbocycles. The fraction of sp³-hybridized carbons (Fsp3) is 0.125. The van der Waals surface area contributed by atoms with Crippen LogP contribution < -0.4 is 0 Å². The first-order valence-electron chi connectivity index (χ1n) is 2.56.